The fraction of sp³-hybridized carbons (Fsp3) is 0.250. The summed E-state index contributed by atoms with van der Waals surface area (Å²) in [6.45, 7) is 2.06. The van der Waals surface area contributed by atoms with Crippen molar-refractivity contribution in [1.82, 2.24) is 0 Å². The third kappa shape index (κ3) is 2.50. The molecule has 0 saturated carbocycles. The van der Waals surface area contributed by atoms with E-state index in [1.54, 1.807) is 12.1 Å². The average molecular weight is 328 g/mol. The van der Waals surface area contributed by atoms with E-state index in [1.807, 2.05) is 18.2 Å². The molecule has 0 aromatic heterocycles. The van der Waals surface area contributed by atoms with Gasteiger partial charge in [-0.3, -0.25) is 0 Å². The lowest BCUT2D eigenvalue weighted by atomic mass is 10.0. The zero-order valence-corrected chi connectivity index (χ0v) is 13.1. The molecule has 0 fully saturated rings. The molecule has 2 atom stereocenters. The van der Waals surface area contributed by atoms with Gasteiger partial charge in [0.1, 0.15) is 11.9 Å². The third-order valence-corrected chi connectivity index (χ3v) is 4.60. The van der Waals surface area contributed by atoms with Gasteiger partial charge in [-0.15, -0.1) is 11.6 Å². The van der Waals surface area contributed by atoms with E-state index in [0.29, 0.717) is 10.0 Å². The van der Waals surface area contributed by atoms with Gasteiger partial charge in [0.15, 0.2) is 0 Å². The van der Waals surface area contributed by atoms with Crippen LogP contribution < -0.4 is 4.74 Å². The van der Waals surface area contributed by atoms with E-state index >= 15 is 0 Å². The number of ether oxygens (including phenoxy) is 1. The summed E-state index contributed by atoms with van der Waals surface area (Å²) >= 11 is 19.0. The van der Waals surface area contributed by atoms with E-state index in [9.17, 15) is 0 Å². The summed E-state index contributed by atoms with van der Waals surface area (Å²) in [4.78, 5) is 0. The minimum atomic E-state index is -0.364. The number of benzene rings is 2. The molecule has 2 unspecified atom stereocenters. The molecule has 1 nitrogen and oxygen atoms in total. The van der Waals surface area contributed by atoms with Crippen LogP contribution in [-0.4, -0.2) is 6.10 Å². The van der Waals surface area contributed by atoms with Gasteiger partial charge < -0.3 is 4.74 Å². The Balaban J connectivity index is 2.00. The average Bonchev–Trinajstić information content (AvgIpc) is 2.77. The summed E-state index contributed by atoms with van der Waals surface area (Å²) in [6, 6.07) is 11.4. The highest BCUT2D eigenvalue weighted by molar-refractivity contribution is 6.38. The number of alkyl halides is 1. The van der Waals surface area contributed by atoms with Crippen LogP contribution in [-0.2, 0) is 6.42 Å². The quantitative estimate of drug-likeness (QED) is 0.648. The first kappa shape index (κ1) is 14.1. The molecule has 0 spiro atoms. The second kappa shape index (κ2) is 5.48. The van der Waals surface area contributed by atoms with Gasteiger partial charge in [-0.05, 0) is 36.2 Å². The van der Waals surface area contributed by atoms with Crippen LogP contribution in [0.25, 0.3) is 0 Å². The van der Waals surface area contributed by atoms with E-state index in [1.165, 1.54) is 5.56 Å². The molecular weight excluding hydrogens is 315 g/mol. The molecule has 0 aliphatic carbocycles. The molecule has 0 N–H and O–H groups in total. The molecule has 4 heteroatoms. The SMILES string of the molecule is CC1Cc2cc(C(Cl)c3c(Cl)cccc3Cl)ccc2O1. The Morgan fingerprint density at radius 3 is 2.55 bits per heavy atom. The highest BCUT2D eigenvalue weighted by Crippen LogP contribution is 2.40. The van der Waals surface area contributed by atoms with Crippen molar-refractivity contribution in [1.29, 1.82) is 0 Å². The van der Waals surface area contributed by atoms with Crippen molar-refractivity contribution in [3.63, 3.8) is 0 Å². The van der Waals surface area contributed by atoms with E-state index < -0.39 is 0 Å². The minimum Gasteiger partial charge on any atom is -0.490 e. The van der Waals surface area contributed by atoms with Crippen LogP contribution in [0.15, 0.2) is 36.4 Å². The van der Waals surface area contributed by atoms with Gasteiger partial charge in [-0.1, -0.05) is 41.4 Å². The van der Waals surface area contributed by atoms with Gasteiger partial charge in [0.25, 0.3) is 0 Å². The first-order chi connectivity index (χ1) is 9.56. The first-order valence-corrected chi connectivity index (χ1v) is 7.63. The zero-order valence-electron chi connectivity index (χ0n) is 10.9. The van der Waals surface area contributed by atoms with Crippen molar-refractivity contribution < 1.29 is 4.74 Å². The monoisotopic (exact) mass is 326 g/mol. The lowest BCUT2D eigenvalue weighted by Gasteiger charge is -2.14. The molecule has 1 aliphatic heterocycles. The van der Waals surface area contributed by atoms with Gasteiger partial charge in [-0.25, -0.2) is 0 Å². The normalized spacial score (nSPS) is 18.5. The van der Waals surface area contributed by atoms with Gasteiger partial charge in [0.2, 0.25) is 0 Å². The molecule has 20 heavy (non-hydrogen) atoms. The van der Waals surface area contributed by atoms with Gasteiger partial charge in [0, 0.05) is 22.0 Å². The number of rotatable bonds is 2. The van der Waals surface area contributed by atoms with E-state index in [0.717, 1.165) is 23.3 Å². The van der Waals surface area contributed by atoms with Crippen LogP contribution in [0.5, 0.6) is 5.75 Å². The highest BCUT2D eigenvalue weighted by atomic mass is 35.5. The second-order valence-electron chi connectivity index (χ2n) is 5.00. The fourth-order valence-corrected chi connectivity index (χ4v) is 3.62. The number of fused-ring (bicyclic) bond motifs is 1. The molecule has 2 aromatic rings. The number of halogens is 3. The predicted molar refractivity (Wildman–Crippen MR) is 84.4 cm³/mol. The molecular formula is C16H13Cl3O. The summed E-state index contributed by atoms with van der Waals surface area (Å²) in [7, 11) is 0. The van der Waals surface area contributed by atoms with Crippen LogP contribution in [0.2, 0.25) is 10.0 Å². The van der Waals surface area contributed by atoms with Crippen LogP contribution in [0, 0.1) is 0 Å². The summed E-state index contributed by atoms with van der Waals surface area (Å²) < 4.78 is 5.70. The van der Waals surface area contributed by atoms with E-state index in [2.05, 4.69) is 13.0 Å². The van der Waals surface area contributed by atoms with Gasteiger partial charge in [-0.2, -0.15) is 0 Å². The van der Waals surface area contributed by atoms with Crippen molar-refractivity contribution in [2.45, 2.75) is 24.8 Å². The summed E-state index contributed by atoms with van der Waals surface area (Å²) in [5.41, 5.74) is 2.92. The maximum atomic E-state index is 6.57. The summed E-state index contributed by atoms with van der Waals surface area (Å²) in [5, 5.41) is 0.808. The predicted octanol–water partition coefficient (Wildman–Crippen LogP) is 5.65. The molecule has 3 rings (SSSR count). The summed E-state index contributed by atoms with van der Waals surface area (Å²) in [6.07, 6.45) is 1.13. The largest absolute Gasteiger partial charge is 0.490 e. The third-order valence-electron chi connectivity index (χ3n) is 3.47. The van der Waals surface area contributed by atoms with Crippen LogP contribution in [0.1, 0.15) is 29.0 Å². The lowest BCUT2D eigenvalue weighted by Crippen LogP contribution is -2.05. The molecule has 0 radical (unpaired) electrons. The van der Waals surface area contributed by atoms with Gasteiger partial charge >= 0.3 is 0 Å². The minimum absolute atomic E-state index is 0.220. The van der Waals surface area contributed by atoms with E-state index in [-0.39, 0.29) is 11.5 Å². The Morgan fingerprint density at radius 1 is 1.15 bits per heavy atom. The van der Waals surface area contributed by atoms with Crippen LogP contribution in [0.3, 0.4) is 0 Å². The molecule has 104 valence electrons. The smallest absolute Gasteiger partial charge is 0.123 e. The van der Waals surface area contributed by atoms with Crippen molar-refractivity contribution in [2.75, 3.05) is 0 Å². The van der Waals surface area contributed by atoms with Crippen molar-refractivity contribution >= 4 is 34.8 Å². The van der Waals surface area contributed by atoms with Crippen LogP contribution >= 0.6 is 34.8 Å². The van der Waals surface area contributed by atoms with Crippen molar-refractivity contribution in [2.24, 2.45) is 0 Å². The molecule has 1 heterocycles. The molecule has 1 aliphatic rings. The Bertz CT molecular complexity index is 634. The number of hydrogen-bond donors (Lipinski definition) is 0. The Kier molecular flexibility index (Phi) is 3.85. The first-order valence-electron chi connectivity index (χ1n) is 6.43. The number of hydrogen-bond acceptors (Lipinski definition) is 1. The van der Waals surface area contributed by atoms with Crippen molar-refractivity contribution in [3.05, 3.63) is 63.1 Å². The summed E-state index contributed by atoms with van der Waals surface area (Å²) in [5.74, 6) is 0.940. The molecule has 2 aromatic carbocycles. The highest BCUT2D eigenvalue weighted by Gasteiger charge is 2.23. The maximum absolute atomic E-state index is 6.57. The van der Waals surface area contributed by atoms with E-state index in [4.69, 9.17) is 39.5 Å². The Labute approximate surface area is 133 Å². The molecule has 0 amide bonds. The lowest BCUT2D eigenvalue weighted by molar-refractivity contribution is 0.254. The zero-order chi connectivity index (χ0) is 14.3. The second-order valence-corrected chi connectivity index (χ2v) is 6.25. The maximum Gasteiger partial charge on any atom is 0.123 e. The standard InChI is InChI=1S/C16H13Cl3O/c1-9-7-11-8-10(5-6-14(11)20-9)16(19)15-12(17)3-2-4-13(15)18/h2-6,8-9,16H,7H2,1H3. The van der Waals surface area contributed by atoms with Gasteiger partial charge in [0.05, 0.1) is 5.38 Å². The van der Waals surface area contributed by atoms with Crippen LogP contribution in [0.4, 0.5) is 0 Å². The topological polar surface area (TPSA) is 9.23 Å². The Hall–Kier alpha value is -0.890. The Morgan fingerprint density at radius 2 is 1.85 bits per heavy atom. The molecule has 0 saturated heterocycles. The fourth-order valence-electron chi connectivity index (χ4n) is 2.52. The van der Waals surface area contributed by atoms with Crippen molar-refractivity contribution in [3.8, 4) is 5.75 Å². The molecule has 0 bridgehead atoms.